The fraction of sp³-hybridized carbons (Fsp3) is 0.355. The van der Waals surface area contributed by atoms with Crippen LogP contribution in [-0.2, 0) is 34.2 Å². The zero-order chi connectivity index (χ0) is 26.4. The van der Waals surface area contributed by atoms with Crippen LogP contribution >= 0.6 is 0 Å². The number of para-hydroxylation sites is 1. The minimum atomic E-state index is -1.01. The van der Waals surface area contributed by atoms with Crippen LogP contribution in [0.1, 0.15) is 51.9 Å². The van der Waals surface area contributed by atoms with E-state index in [1.54, 1.807) is 6.26 Å². The first-order chi connectivity index (χ1) is 18.4. The number of hydrogen-bond donors (Lipinski definition) is 0. The first-order valence-electron chi connectivity index (χ1n) is 13.4. The van der Waals surface area contributed by atoms with Gasteiger partial charge in [0.2, 0.25) is 5.91 Å². The number of benzene rings is 3. The third-order valence-corrected chi connectivity index (χ3v) is 9.55. The lowest BCUT2D eigenvalue weighted by molar-refractivity contribution is -0.120. The molecule has 1 saturated heterocycles. The molecule has 1 aliphatic carbocycles. The number of amides is 2. The molecule has 1 saturated carbocycles. The number of carbonyl (C=O) groups excluding carboxylic acids is 2. The van der Waals surface area contributed by atoms with Crippen molar-refractivity contribution in [1.82, 2.24) is 9.21 Å². The van der Waals surface area contributed by atoms with Gasteiger partial charge in [0.25, 0.3) is 5.91 Å². The lowest BCUT2D eigenvalue weighted by Crippen LogP contribution is -2.48. The summed E-state index contributed by atoms with van der Waals surface area (Å²) in [5, 5.41) is 0. The summed E-state index contributed by atoms with van der Waals surface area (Å²) in [4.78, 5) is 31.0. The highest BCUT2D eigenvalue weighted by Crippen LogP contribution is 2.66. The van der Waals surface area contributed by atoms with Crippen LogP contribution in [0.25, 0.3) is 0 Å². The van der Waals surface area contributed by atoms with Gasteiger partial charge in [-0.05, 0) is 53.3 Å². The molecule has 0 aromatic heterocycles. The minimum Gasteiger partial charge on any atom is -0.336 e. The number of hydrogen-bond acceptors (Lipinski definition) is 3. The Bertz CT molecular complexity index is 1410. The van der Waals surface area contributed by atoms with Gasteiger partial charge in [-0.15, -0.1) is 0 Å². The second-order valence-corrected chi connectivity index (χ2v) is 11.9. The van der Waals surface area contributed by atoms with E-state index in [1.165, 1.54) is 11.1 Å². The monoisotopic (exact) mass is 527 g/mol. The first-order valence-corrected chi connectivity index (χ1v) is 14.9. The van der Waals surface area contributed by atoms with Crippen molar-refractivity contribution in [2.75, 3.05) is 37.3 Å². The van der Waals surface area contributed by atoms with Gasteiger partial charge >= 0.3 is 0 Å². The molecule has 0 radical (unpaired) electrons. The summed E-state index contributed by atoms with van der Waals surface area (Å²) in [5.74, 6) is 0.329. The summed E-state index contributed by atoms with van der Waals surface area (Å²) >= 11 is 0. The van der Waals surface area contributed by atoms with Crippen molar-refractivity contribution >= 4 is 28.5 Å². The molecule has 2 aliphatic heterocycles. The molecular formula is C31H33N3O3S. The third-order valence-electron chi connectivity index (χ3n) is 8.46. The smallest absolute Gasteiger partial charge is 0.253 e. The summed E-state index contributed by atoms with van der Waals surface area (Å²) in [6.45, 7) is 4.92. The molecule has 6 rings (SSSR count). The Morgan fingerprint density at radius 2 is 1.68 bits per heavy atom. The van der Waals surface area contributed by atoms with Crippen LogP contribution in [0.2, 0.25) is 0 Å². The number of rotatable bonds is 6. The van der Waals surface area contributed by atoms with Crippen LogP contribution in [0, 0.1) is 0 Å². The largest absolute Gasteiger partial charge is 0.336 e. The van der Waals surface area contributed by atoms with Crippen LogP contribution in [0.15, 0.2) is 72.8 Å². The van der Waals surface area contributed by atoms with Crippen molar-refractivity contribution in [3.05, 3.63) is 101 Å². The predicted octanol–water partition coefficient (Wildman–Crippen LogP) is 4.27. The van der Waals surface area contributed by atoms with E-state index in [1.807, 2.05) is 56.6 Å². The Hall–Kier alpha value is -3.29. The van der Waals surface area contributed by atoms with E-state index in [0.29, 0.717) is 38.3 Å². The number of anilines is 1. The number of aryl methyl sites for hydroxylation is 1. The van der Waals surface area contributed by atoms with Gasteiger partial charge in [0.1, 0.15) is 0 Å². The van der Waals surface area contributed by atoms with Crippen molar-refractivity contribution < 1.29 is 13.8 Å². The quantitative estimate of drug-likeness (QED) is 0.481. The molecule has 1 spiro atoms. The maximum atomic E-state index is 14.0. The number of nitrogens with zero attached hydrogens (tertiary/aromatic N) is 3. The summed E-state index contributed by atoms with van der Waals surface area (Å²) in [6.07, 6.45) is 3.51. The fourth-order valence-electron chi connectivity index (χ4n) is 6.21. The van der Waals surface area contributed by atoms with E-state index < -0.39 is 16.4 Å². The zero-order valence-electron chi connectivity index (χ0n) is 21.9. The van der Waals surface area contributed by atoms with Gasteiger partial charge in [0.05, 0.1) is 22.9 Å². The van der Waals surface area contributed by atoms with Crippen LogP contribution in [0.3, 0.4) is 0 Å². The lowest BCUT2D eigenvalue weighted by atomic mass is 9.92. The standard InChI is InChI=1S/C31H33N3O3S/c1-3-22-11-13-24(14-12-22)27-20-31(27)26-9-4-5-10-28(26)34(30(31)36)21-23-7-6-8-25(19-23)29(35)32-15-17-33(18-16-32)38(2)37/h4-14,19,27H,3,15-18,20-21H2,1-2H3. The second kappa shape index (κ2) is 9.79. The Morgan fingerprint density at radius 3 is 2.39 bits per heavy atom. The van der Waals surface area contributed by atoms with Crippen LogP contribution in [0.4, 0.5) is 5.69 Å². The van der Waals surface area contributed by atoms with E-state index in [4.69, 9.17) is 0 Å². The minimum absolute atomic E-state index is 0.0178. The molecule has 3 aliphatic rings. The molecule has 38 heavy (non-hydrogen) atoms. The first kappa shape index (κ1) is 25.0. The Balaban J connectivity index is 1.22. The zero-order valence-corrected chi connectivity index (χ0v) is 22.7. The average molecular weight is 528 g/mol. The van der Waals surface area contributed by atoms with E-state index in [-0.39, 0.29) is 17.7 Å². The normalized spacial score (nSPS) is 23.5. The van der Waals surface area contributed by atoms with Crippen LogP contribution in [0.5, 0.6) is 0 Å². The van der Waals surface area contributed by atoms with Gasteiger partial charge in [0, 0.05) is 49.6 Å². The molecular weight excluding hydrogens is 494 g/mol. The van der Waals surface area contributed by atoms with Crippen LogP contribution < -0.4 is 4.90 Å². The van der Waals surface area contributed by atoms with E-state index in [9.17, 15) is 13.8 Å². The fourth-order valence-corrected chi connectivity index (χ4v) is 6.89. The van der Waals surface area contributed by atoms with Crippen LogP contribution in [-0.4, -0.2) is 57.7 Å². The maximum Gasteiger partial charge on any atom is 0.253 e. The molecule has 3 unspecified atom stereocenters. The molecule has 0 bridgehead atoms. The molecule has 0 N–H and O–H groups in total. The number of piperazine rings is 1. The summed E-state index contributed by atoms with van der Waals surface area (Å²) < 4.78 is 13.6. The highest BCUT2D eigenvalue weighted by atomic mass is 32.2. The molecule has 2 fully saturated rings. The molecule has 196 valence electrons. The Kier molecular flexibility index (Phi) is 6.44. The van der Waals surface area contributed by atoms with Gasteiger partial charge in [-0.1, -0.05) is 61.5 Å². The van der Waals surface area contributed by atoms with Gasteiger partial charge in [-0.25, -0.2) is 8.51 Å². The van der Waals surface area contributed by atoms with Crippen molar-refractivity contribution in [1.29, 1.82) is 0 Å². The van der Waals surface area contributed by atoms with E-state index in [2.05, 4.69) is 37.3 Å². The predicted molar refractivity (Wildman–Crippen MR) is 150 cm³/mol. The van der Waals surface area contributed by atoms with Gasteiger partial charge < -0.3 is 9.80 Å². The van der Waals surface area contributed by atoms with Crippen molar-refractivity contribution in [2.24, 2.45) is 0 Å². The highest BCUT2D eigenvalue weighted by molar-refractivity contribution is 7.81. The molecule has 3 atom stereocenters. The molecule has 3 aromatic rings. The Labute approximate surface area is 226 Å². The number of carbonyl (C=O) groups is 2. The number of fused-ring (bicyclic) bond motifs is 2. The summed E-state index contributed by atoms with van der Waals surface area (Å²) in [5.41, 5.74) is 5.71. The molecule has 6 nitrogen and oxygen atoms in total. The maximum absolute atomic E-state index is 14.0. The van der Waals surface area contributed by atoms with Crippen molar-refractivity contribution in [3.8, 4) is 0 Å². The van der Waals surface area contributed by atoms with E-state index in [0.717, 1.165) is 29.7 Å². The highest BCUT2D eigenvalue weighted by Gasteiger charge is 2.67. The van der Waals surface area contributed by atoms with E-state index >= 15 is 0 Å². The Morgan fingerprint density at radius 1 is 0.947 bits per heavy atom. The molecule has 2 heterocycles. The van der Waals surface area contributed by atoms with Crippen molar-refractivity contribution in [2.45, 2.75) is 37.6 Å². The van der Waals surface area contributed by atoms with Gasteiger partial charge in [-0.3, -0.25) is 9.59 Å². The van der Waals surface area contributed by atoms with Gasteiger partial charge in [0.15, 0.2) is 0 Å². The van der Waals surface area contributed by atoms with Gasteiger partial charge in [-0.2, -0.15) is 0 Å². The average Bonchev–Trinajstić information content (AvgIpc) is 3.67. The van der Waals surface area contributed by atoms with Crippen molar-refractivity contribution in [3.63, 3.8) is 0 Å². The summed E-state index contributed by atoms with van der Waals surface area (Å²) in [7, 11) is -1.01. The SMILES string of the molecule is CCc1ccc(C2CC23C(=O)N(Cc2cccc(C(=O)N4CCN(S(C)=O)CC4)c2)c2ccccc23)cc1. The molecule has 2 amide bonds. The lowest BCUT2D eigenvalue weighted by Gasteiger charge is -2.33. The topological polar surface area (TPSA) is 60.9 Å². The summed E-state index contributed by atoms with van der Waals surface area (Å²) in [6, 6.07) is 24.5. The third kappa shape index (κ3) is 4.18. The second-order valence-electron chi connectivity index (χ2n) is 10.6. The molecule has 3 aromatic carbocycles. The molecule has 7 heteroatoms.